The first kappa shape index (κ1) is 34.1. The van der Waals surface area contributed by atoms with Crippen molar-refractivity contribution in [2.24, 2.45) is 34.7 Å². The van der Waals surface area contributed by atoms with Gasteiger partial charge < -0.3 is 5.32 Å². The zero-order valence-electron chi connectivity index (χ0n) is 28.5. The van der Waals surface area contributed by atoms with Gasteiger partial charge in [-0.1, -0.05) is 74.1 Å². The van der Waals surface area contributed by atoms with Crippen LogP contribution in [0.15, 0.2) is 87.5 Å². The number of carbonyl (C=O) groups is 3. The highest BCUT2D eigenvalue weighted by atomic mass is 32.2. The zero-order chi connectivity index (χ0) is 36.1. The van der Waals surface area contributed by atoms with Crippen LogP contribution in [-0.4, -0.2) is 36.0 Å². The highest BCUT2D eigenvalue weighted by Gasteiger charge is 2.69. The van der Waals surface area contributed by atoms with Crippen LogP contribution in [0.1, 0.15) is 54.7 Å². The van der Waals surface area contributed by atoms with Crippen LogP contribution >= 0.6 is 23.1 Å². The fourth-order valence-corrected chi connectivity index (χ4v) is 12.5. The van der Waals surface area contributed by atoms with Crippen LogP contribution in [0, 0.1) is 36.5 Å². The van der Waals surface area contributed by atoms with Gasteiger partial charge in [0.2, 0.25) is 27.7 Å². The van der Waals surface area contributed by atoms with Gasteiger partial charge in [-0.15, -0.1) is 11.8 Å². The Morgan fingerprint density at radius 3 is 2.14 bits per heavy atom. The normalized spacial score (nSPS) is 26.6. The number of benzene rings is 3. The van der Waals surface area contributed by atoms with Crippen molar-refractivity contribution in [1.82, 2.24) is 4.57 Å². The first-order valence-corrected chi connectivity index (χ1v) is 20.2. The Labute approximate surface area is 304 Å². The minimum absolute atomic E-state index is 0.0279. The predicted molar refractivity (Wildman–Crippen MR) is 197 cm³/mol. The van der Waals surface area contributed by atoms with E-state index in [1.54, 1.807) is 11.8 Å². The molecule has 3 amide bonds. The molecule has 3 heterocycles. The summed E-state index contributed by atoms with van der Waals surface area (Å²) in [7, 11) is -3.89. The number of hydrogen-bond donors (Lipinski definition) is 2. The number of nitrogens with zero attached hydrogens (tertiary/aromatic N) is 2. The number of anilines is 2. The van der Waals surface area contributed by atoms with Crippen LogP contribution in [0.5, 0.6) is 0 Å². The van der Waals surface area contributed by atoms with Gasteiger partial charge in [0.25, 0.3) is 0 Å². The number of primary sulfonamides is 1. The molecule has 0 radical (unpaired) electrons. The van der Waals surface area contributed by atoms with Gasteiger partial charge in [0.1, 0.15) is 6.54 Å². The summed E-state index contributed by atoms with van der Waals surface area (Å²) in [5.41, 5.74) is 4.22. The molecule has 2 saturated carbocycles. The molecule has 2 bridgehead atoms. The molecule has 3 fully saturated rings. The molecule has 10 nitrogen and oxygen atoms in total. The van der Waals surface area contributed by atoms with Gasteiger partial charge in [-0.25, -0.2) is 13.6 Å². The highest BCUT2D eigenvalue weighted by molar-refractivity contribution is 8.00. The van der Waals surface area contributed by atoms with Crippen molar-refractivity contribution in [3.63, 3.8) is 0 Å². The van der Waals surface area contributed by atoms with Gasteiger partial charge in [-0.3, -0.25) is 28.6 Å². The third-order valence-electron chi connectivity index (χ3n) is 11.1. The van der Waals surface area contributed by atoms with E-state index in [1.165, 1.54) is 39.3 Å². The fraction of sp³-hybridized carbons (Fsp3) is 0.368. The summed E-state index contributed by atoms with van der Waals surface area (Å²) >= 11 is 2.73. The molecule has 3 N–H and O–H groups in total. The van der Waals surface area contributed by atoms with E-state index in [4.69, 9.17) is 5.14 Å². The minimum atomic E-state index is -3.89. The zero-order valence-corrected chi connectivity index (χ0v) is 31.0. The van der Waals surface area contributed by atoms with Gasteiger partial charge in [0, 0.05) is 21.7 Å². The molecule has 7 unspecified atom stereocenters. The summed E-state index contributed by atoms with van der Waals surface area (Å²) in [6, 6.07) is 21.6. The number of thioether (sulfide) groups is 1. The molecule has 1 aromatic heterocycles. The number of rotatable bonds is 6. The molecule has 2 aliphatic carbocycles. The van der Waals surface area contributed by atoms with Crippen LogP contribution in [0.25, 0.3) is 0 Å². The Morgan fingerprint density at radius 1 is 0.902 bits per heavy atom. The Hall–Kier alpha value is -4.04. The molecule has 3 aromatic carbocycles. The average Bonchev–Trinajstić information content (AvgIpc) is 3.79. The summed E-state index contributed by atoms with van der Waals surface area (Å²) in [5.74, 6) is -1.78. The van der Waals surface area contributed by atoms with Gasteiger partial charge in [-0.2, -0.15) is 0 Å². The Kier molecular flexibility index (Phi) is 8.02. The highest BCUT2D eigenvalue weighted by Crippen LogP contribution is 2.69. The van der Waals surface area contributed by atoms with Crippen LogP contribution in [0.3, 0.4) is 0 Å². The largest absolute Gasteiger partial charge is 0.325 e. The molecule has 264 valence electrons. The third-order valence-corrected chi connectivity index (χ3v) is 14.9. The van der Waals surface area contributed by atoms with Crippen LogP contribution < -0.4 is 20.2 Å². The standard InChI is InChI=1S/C38H38N4O6S3/c1-19-5-13-23(14-6-19)42-34(44)30-25-17-26(31(30)35(42)45)32-29(25)28(20-7-9-21(10-8-20)38(2,3)4)33-36(49-32)41(37(46)50-33)18-27(43)40-22-11-15-24(16-12-22)51(39,47)48/h5-16,25-26,28-32H,17-18H2,1-4H3,(H,40,43)(H2,39,47,48). The predicted octanol–water partition coefficient (Wildman–Crippen LogP) is 5.48. The first-order valence-electron chi connectivity index (χ1n) is 17.0. The van der Waals surface area contributed by atoms with Crippen LogP contribution in [-0.2, 0) is 36.4 Å². The molecule has 8 rings (SSSR count). The molecular weight excluding hydrogens is 705 g/mol. The lowest BCUT2D eigenvalue weighted by Crippen LogP contribution is -2.43. The Bertz CT molecular complexity index is 2260. The molecule has 7 atom stereocenters. The maximum Gasteiger partial charge on any atom is 0.308 e. The summed E-state index contributed by atoms with van der Waals surface area (Å²) in [4.78, 5) is 57.3. The van der Waals surface area contributed by atoms with Gasteiger partial charge in [-0.05, 0) is 84.0 Å². The number of aromatic nitrogens is 1. The molecule has 51 heavy (non-hydrogen) atoms. The molecule has 0 spiro atoms. The average molecular weight is 743 g/mol. The van der Waals surface area contributed by atoms with Crippen molar-refractivity contribution in [2.75, 3.05) is 10.2 Å². The molecule has 4 aromatic rings. The monoisotopic (exact) mass is 742 g/mol. The van der Waals surface area contributed by atoms with Gasteiger partial charge >= 0.3 is 4.87 Å². The van der Waals surface area contributed by atoms with E-state index in [0.717, 1.165) is 38.8 Å². The second-order valence-corrected chi connectivity index (χ2v) is 18.9. The number of nitrogens with one attached hydrogen (secondary N) is 1. The number of amides is 3. The van der Waals surface area contributed by atoms with Crippen molar-refractivity contribution in [2.45, 2.75) is 67.2 Å². The fourth-order valence-electron chi connectivity index (χ4n) is 8.84. The van der Waals surface area contributed by atoms with E-state index >= 15 is 0 Å². The number of thiazole rings is 1. The lowest BCUT2D eigenvalue weighted by Gasteiger charge is -2.43. The van der Waals surface area contributed by atoms with E-state index in [2.05, 4.69) is 50.4 Å². The first-order chi connectivity index (χ1) is 24.1. The molecule has 4 aliphatic rings. The van der Waals surface area contributed by atoms with E-state index in [-0.39, 0.29) is 62.5 Å². The van der Waals surface area contributed by atoms with Crippen molar-refractivity contribution >= 4 is 62.2 Å². The quantitative estimate of drug-likeness (QED) is 0.249. The summed E-state index contributed by atoms with van der Waals surface area (Å²) in [6.07, 6.45) is 0.766. The minimum Gasteiger partial charge on any atom is -0.325 e. The van der Waals surface area contributed by atoms with Crippen molar-refractivity contribution in [3.8, 4) is 0 Å². The maximum atomic E-state index is 14.2. The van der Waals surface area contributed by atoms with Gasteiger partial charge in [0.05, 0.1) is 27.4 Å². The van der Waals surface area contributed by atoms with Crippen molar-refractivity contribution in [3.05, 3.63) is 104 Å². The number of fused-ring (bicyclic) bond motifs is 9. The maximum absolute atomic E-state index is 14.2. The van der Waals surface area contributed by atoms with Crippen molar-refractivity contribution in [1.29, 1.82) is 0 Å². The van der Waals surface area contributed by atoms with Crippen LogP contribution in [0.4, 0.5) is 11.4 Å². The number of sulfonamides is 1. The SMILES string of the molecule is Cc1ccc(N2C(=O)C3C4CC(C3C2=O)C2C(c3ccc(C(C)(C)C)cc3)c3sc(=O)n(CC(=O)Nc5ccc(S(N)(=O)=O)cc5)c3SC42)cc1. The topological polar surface area (TPSA) is 149 Å². The van der Waals surface area contributed by atoms with E-state index in [9.17, 15) is 27.6 Å². The van der Waals surface area contributed by atoms with E-state index in [0.29, 0.717) is 11.4 Å². The summed E-state index contributed by atoms with van der Waals surface area (Å²) in [5, 5.41) is 8.68. The lowest BCUT2D eigenvalue weighted by atomic mass is 9.68. The van der Waals surface area contributed by atoms with E-state index < -0.39 is 27.8 Å². The number of hydrogen-bond acceptors (Lipinski definition) is 8. The summed E-state index contributed by atoms with van der Waals surface area (Å²) in [6.45, 7) is 8.23. The Balaban J connectivity index is 1.16. The lowest BCUT2D eigenvalue weighted by molar-refractivity contribution is -0.123. The smallest absolute Gasteiger partial charge is 0.308 e. The molecule has 2 aliphatic heterocycles. The second-order valence-electron chi connectivity index (χ2n) is 15.2. The van der Waals surface area contributed by atoms with E-state index in [1.807, 2.05) is 31.2 Å². The van der Waals surface area contributed by atoms with Gasteiger partial charge in [0.15, 0.2) is 0 Å². The Morgan fingerprint density at radius 2 is 1.53 bits per heavy atom. The van der Waals surface area contributed by atoms with Crippen LogP contribution in [0.2, 0.25) is 0 Å². The number of carbonyl (C=O) groups excluding carboxylic acids is 3. The second kappa shape index (κ2) is 12.0. The number of aryl methyl sites for hydroxylation is 1. The number of imide groups is 1. The number of nitrogens with two attached hydrogens (primary N) is 1. The summed E-state index contributed by atoms with van der Waals surface area (Å²) < 4.78 is 24.9. The molecular formula is C38H38N4O6S3. The molecule has 13 heteroatoms. The third kappa shape index (κ3) is 5.60. The van der Waals surface area contributed by atoms with Crippen molar-refractivity contribution < 1.29 is 22.8 Å². The molecule has 1 saturated heterocycles.